The van der Waals surface area contributed by atoms with Crippen LogP contribution in [0.25, 0.3) is 0 Å². The van der Waals surface area contributed by atoms with Crippen LogP contribution in [0.15, 0.2) is 29.1 Å². The molecule has 2 N–H and O–H groups in total. The zero-order chi connectivity index (χ0) is 15.4. The number of aryl methyl sites for hydroxylation is 2. The maximum atomic E-state index is 12.1. The van der Waals surface area contributed by atoms with Crippen molar-refractivity contribution >= 4 is 11.4 Å². The summed E-state index contributed by atoms with van der Waals surface area (Å²) in [5.41, 5.74) is 2.92. The van der Waals surface area contributed by atoms with Crippen molar-refractivity contribution in [3.8, 4) is 11.5 Å². The van der Waals surface area contributed by atoms with Gasteiger partial charge in [0.25, 0.3) is 5.56 Å². The summed E-state index contributed by atoms with van der Waals surface area (Å²) in [5, 5.41) is 3.12. The van der Waals surface area contributed by atoms with Gasteiger partial charge >= 0.3 is 0 Å². The highest BCUT2D eigenvalue weighted by molar-refractivity contribution is 5.73. The Hall–Kier alpha value is -2.43. The van der Waals surface area contributed by atoms with Gasteiger partial charge in [0.2, 0.25) is 0 Å². The fourth-order valence-corrected chi connectivity index (χ4v) is 2.24. The number of nitrogens with one attached hydrogen (secondary N) is 2. The molecule has 21 heavy (non-hydrogen) atoms. The molecule has 0 aliphatic carbocycles. The van der Waals surface area contributed by atoms with Gasteiger partial charge in [-0.05, 0) is 37.1 Å². The van der Waals surface area contributed by atoms with E-state index in [0.717, 1.165) is 17.7 Å². The molecule has 0 aliphatic heterocycles. The summed E-state index contributed by atoms with van der Waals surface area (Å²) in [5.74, 6) is 1.24. The van der Waals surface area contributed by atoms with E-state index < -0.39 is 0 Å². The van der Waals surface area contributed by atoms with Gasteiger partial charge < -0.3 is 19.8 Å². The van der Waals surface area contributed by atoms with E-state index in [1.165, 1.54) is 0 Å². The molecule has 1 aromatic heterocycles. The third kappa shape index (κ3) is 3.02. The molecule has 2 rings (SSSR count). The average Bonchev–Trinajstić information content (AvgIpc) is 2.49. The maximum absolute atomic E-state index is 12.1. The molecule has 1 aromatic carbocycles. The molecule has 0 aliphatic rings. The van der Waals surface area contributed by atoms with Crippen molar-refractivity contribution in [3.63, 3.8) is 0 Å². The van der Waals surface area contributed by atoms with Crippen LogP contribution in [0.1, 0.15) is 18.2 Å². The highest BCUT2D eigenvalue weighted by atomic mass is 16.5. The van der Waals surface area contributed by atoms with Gasteiger partial charge in [0.15, 0.2) is 0 Å². The quantitative estimate of drug-likeness (QED) is 0.887. The van der Waals surface area contributed by atoms with E-state index in [4.69, 9.17) is 9.47 Å². The van der Waals surface area contributed by atoms with Gasteiger partial charge in [-0.1, -0.05) is 13.0 Å². The lowest BCUT2D eigenvalue weighted by Crippen LogP contribution is -2.14. The van der Waals surface area contributed by atoms with Crippen LogP contribution in [-0.4, -0.2) is 19.2 Å². The lowest BCUT2D eigenvalue weighted by molar-refractivity contribution is 0.398. The van der Waals surface area contributed by atoms with E-state index >= 15 is 0 Å². The first kappa shape index (κ1) is 15.0. The van der Waals surface area contributed by atoms with Crippen LogP contribution in [0.2, 0.25) is 0 Å². The van der Waals surface area contributed by atoms with Crippen molar-refractivity contribution in [2.45, 2.75) is 20.3 Å². The van der Waals surface area contributed by atoms with Crippen molar-refractivity contribution in [2.24, 2.45) is 0 Å². The minimum atomic E-state index is -0.169. The molecule has 0 spiro atoms. The molecule has 0 radical (unpaired) electrons. The highest BCUT2D eigenvalue weighted by Gasteiger charge is 2.12. The number of aromatic amines is 1. The van der Waals surface area contributed by atoms with E-state index in [0.29, 0.717) is 22.9 Å². The summed E-state index contributed by atoms with van der Waals surface area (Å²) in [7, 11) is 3.16. The number of pyridine rings is 1. The molecule has 112 valence electrons. The molecule has 0 unspecified atom stereocenters. The van der Waals surface area contributed by atoms with Crippen LogP contribution in [0.4, 0.5) is 11.4 Å². The Kier molecular flexibility index (Phi) is 4.52. The second-order valence-electron chi connectivity index (χ2n) is 4.68. The number of benzene rings is 1. The van der Waals surface area contributed by atoms with Crippen LogP contribution >= 0.6 is 0 Å². The van der Waals surface area contributed by atoms with Crippen molar-refractivity contribution in [1.82, 2.24) is 4.98 Å². The molecular formula is C16H20N2O3. The van der Waals surface area contributed by atoms with Gasteiger partial charge in [-0.25, -0.2) is 0 Å². The Morgan fingerprint density at radius 3 is 2.33 bits per heavy atom. The van der Waals surface area contributed by atoms with Gasteiger partial charge in [0, 0.05) is 5.69 Å². The molecule has 0 fully saturated rings. The maximum Gasteiger partial charge on any atom is 0.271 e. The van der Waals surface area contributed by atoms with Gasteiger partial charge in [-0.2, -0.15) is 0 Å². The Bertz CT molecular complexity index is 670. The van der Waals surface area contributed by atoms with Crippen molar-refractivity contribution in [2.75, 3.05) is 19.5 Å². The van der Waals surface area contributed by atoms with Gasteiger partial charge in [0.05, 0.1) is 14.2 Å². The summed E-state index contributed by atoms with van der Waals surface area (Å²) in [6, 6.07) is 7.32. The minimum Gasteiger partial charge on any atom is -0.494 e. The van der Waals surface area contributed by atoms with E-state index in [9.17, 15) is 4.79 Å². The Morgan fingerprint density at radius 1 is 1.19 bits per heavy atom. The normalized spacial score (nSPS) is 10.3. The molecule has 0 saturated heterocycles. The molecular weight excluding hydrogens is 268 g/mol. The number of hydrogen-bond acceptors (Lipinski definition) is 4. The second-order valence-corrected chi connectivity index (χ2v) is 4.68. The monoisotopic (exact) mass is 288 g/mol. The molecule has 0 bridgehead atoms. The van der Waals surface area contributed by atoms with Gasteiger partial charge in [0.1, 0.15) is 22.9 Å². The lowest BCUT2D eigenvalue weighted by atomic mass is 10.1. The van der Waals surface area contributed by atoms with Crippen LogP contribution in [0.5, 0.6) is 11.5 Å². The Balaban J connectivity index is 2.50. The number of H-pyrrole nitrogens is 1. The minimum absolute atomic E-state index is 0.169. The van der Waals surface area contributed by atoms with Crippen LogP contribution in [0.3, 0.4) is 0 Å². The average molecular weight is 288 g/mol. The predicted molar refractivity (Wildman–Crippen MR) is 84.0 cm³/mol. The number of anilines is 2. The van der Waals surface area contributed by atoms with E-state index in [2.05, 4.69) is 10.3 Å². The van der Waals surface area contributed by atoms with Gasteiger partial charge in [-0.3, -0.25) is 4.79 Å². The van der Waals surface area contributed by atoms with E-state index in [1.54, 1.807) is 14.2 Å². The largest absolute Gasteiger partial charge is 0.494 e. The topological polar surface area (TPSA) is 63.4 Å². The SMILES string of the molecule is CCc1cc(Nc2c(OC)cccc2OC)c(=O)[nH]c1C. The molecule has 5 heteroatoms. The first-order valence-electron chi connectivity index (χ1n) is 6.81. The number of hydrogen-bond donors (Lipinski definition) is 2. The fourth-order valence-electron chi connectivity index (χ4n) is 2.24. The molecule has 2 aromatic rings. The lowest BCUT2D eigenvalue weighted by Gasteiger charge is -2.15. The van der Waals surface area contributed by atoms with Crippen molar-refractivity contribution in [1.29, 1.82) is 0 Å². The highest BCUT2D eigenvalue weighted by Crippen LogP contribution is 2.35. The number of para-hydroxylation sites is 1. The van der Waals surface area contributed by atoms with Crippen LogP contribution < -0.4 is 20.3 Å². The van der Waals surface area contributed by atoms with E-state index in [1.807, 2.05) is 38.1 Å². The summed E-state index contributed by atoms with van der Waals surface area (Å²) in [6.07, 6.45) is 0.848. The summed E-state index contributed by atoms with van der Waals surface area (Å²) in [4.78, 5) is 15.0. The third-order valence-electron chi connectivity index (χ3n) is 3.41. The van der Waals surface area contributed by atoms with Gasteiger partial charge in [-0.15, -0.1) is 0 Å². The first-order valence-corrected chi connectivity index (χ1v) is 6.81. The Labute approximate surface area is 123 Å². The van der Waals surface area contributed by atoms with Crippen LogP contribution in [-0.2, 0) is 6.42 Å². The molecule has 0 atom stereocenters. The third-order valence-corrected chi connectivity index (χ3v) is 3.41. The zero-order valence-electron chi connectivity index (χ0n) is 12.7. The molecule has 1 heterocycles. The second kappa shape index (κ2) is 6.35. The van der Waals surface area contributed by atoms with Crippen LogP contribution in [0, 0.1) is 6.92 Å². The molecule has 0 amide bonds. The number of ether oxygens (including phenoxy) is 2. The molecule has 5 nitrogen and oxygen atoms in total. The summed E-state index contributed by atoms with van der Waals surface area (Å²) < 4.78 is 10.7. The summed E-state index contributed by atoms with van der Waals surface area (Å²) in [6.45, 7) is 3.95. The standard InChI is InChI=1S/C16H20N2O3/c1-5-11-9-12(16(19)17-10(11)2)18-15-13(20-3)7-6-8-14(15)21-4/h6-9,18H,5H2,1-4H3,(H,17,19). The smallest absolute Gasteiger partial charge is 0.271 e. The fraction of sp³-hybridized carbons (Fsp3) is 0.312. The van der Waals surface area contributed by atoms with Crippen molar-refractivity contribution in [3.05, 3.63) is 45.9 Å². The molecule has 0 saturated carbocycles. The van der Waals surface area contributed by atoms with E-state index in [-0.39, 0.29) is 5.56 Å². The first-order chi connectivity index (χ1) is 10.1. The number of rotatable bonds is 5. The number of methoxy groups -OCH3 is 2. The summed E-state index contributed by atoms with van der Waals surface area (Å²) >= 11 is 0. The predicted octanol–water partition coefficient (Wildman–Crippen LogP) is 3.01. The van der Waals surface area contributed by atoms with Crippen molar-refractivity contribution < 1.29 is 9.47 Å². The Morgan fingerprint density at radius 2 is 1.81 bits per heavy atom. The number of aromatic nitrogens is 1. The zero-order valence-corrected chi connectivity index (χ0v) is 12.7.